The molecule has 0 aliphatic heterocycles. The summed E-state index contributed by atoms with van der Waals surface area (Å²) in [7, 11) is -1.14. The smallest absolute Gasteiger partial charge is 0.344 e. The van der Waals surface area contributed by atoms with Crippen molar-refractivity contribution in [3.05, 3.63) is 0 Å². The van der Waals surface area contributed by atoms with Crippen molar-refractivity contribution >= 4 is 13.6 Å². The zero-order chi connectivity index (χ0) is 10.6. The van der Waals surface area contributed by atoms with Gasteiger partial charge in [-0.1, -0.05) is 13.8 Å². The van der Waals surface area contributed by atoms with E-state index in [-0.39, 0.29) is 5.92 Å². The highest BCUT2D eigenvalue weighted by atomic mass is 31.2. The second kappa shape index (κ2) is 4.74. The summed E-state index contributed by atoms with van der Waals surface area (Å²) in [4.78, 5) is 10.8. The van der Waals surface area contributed by atoms with Crippen LogP contribution >= 0.6 is 7.60 Å². The Kier molecular flexibility index (Phi) is 4.61. The average Bonchev–Trinajstić information content (AvgIpc) is 2.02. The Morgan fingerprint density at radius 1 is 1.31 bits per heavy atom. The van der Waals surface area contributed by atoms with Crippen LogP contribution in [0, 0.1) is 5.92 Å². The van der Waals surface area contributed by atoms with E-state index in [1.165, 1.54) is 14.2 Å². The first-order chi connectivity index (χ1) is 5.89. The Hall–Kier alpha value is -0.380. The first kappa shape index (κ1) is 12.6. The third-order valence-corrected chi connectivity index (χ3v) is 4.25. The van der Waals surface area contributed by atoms with Crippen LogP contribution < -0.4 is 0 Å². The number of hydrogen-bond donors (Lipinski definition) is 1. The standard InChI is InChI=1S/C7H15O5P/c1-5(2)6(7(8)9)13(10,11-3)12-4/h5-6H,1-4H3,(H,8,9). The Balaban J connectivity index is 4.92. The van der Waals surface area contributed by atoms with Gasteiger partial charge in [0.15, 0.2) is 5.66 Å². The second-order valence-electron chi connectivity index (χ2n) is 2.93. The van der Waals surface area contributed by atoms with Crippen LogP contribution in [0.1, 0.15) is 13.8 Å². The molecule has 1 N–H and O–H groups in total. The molecule has 0 aromatic rings. The molecule has 0 spiro atoms. The van der Waals surface area contributed by atoms with Crippen molar-refractivity contribution in [2.75, 3.05) is 14.2 Å². The fourth-order valence-corrected chi connectivity index (χ4v) is 2.69. The van der Waals surface area contributed by atoms with Crippen molar-refractivity contribution in [2.45, 2.75) is 19.5 Å². The molecule has 13 heavy (non-hydrogen) atoms. The molecule has 0 heterocycles. The van der Waals surface area contributed by atoms with Crippen molar-refractivity contribution < 1.29 is 23.5 Å². The van der Waals surface area contributed by atoms with E-state index < -0.39 is 19.2 Å². The zero-order valence-corrected chi connectivity index (χ0v) is 9.08. The fraction of sp³-hybridized carbons (Fsp3) is 0.857. The van der Waals surface area contributed by atoms with Gasteiger partial charge in [0, 0.05) is 14.2 Å². The van der Waals surface area contributed by atoms with Crippen molar-refractivity contribution in [3.8, 4) is 0 Å². The Bertz CT molecular complexity index is 217. The number of carboxylic acids is 1. The van der Waals surface area contributed by atoms with Gasteiger partial charge in [-0.05, 0) is 5.92 Å². The molecular formula is C7H15O5P. The molecule has 0 aliphatic carbocycles. The van der Waals surface area contributed by atoms with E-state index in [2.05, 4.69) is 9.05 Å². The highest BCUT2D eigenvalue weighted by Crippen LogP contribution is 2.54. The van der Waals surface area contributed by atoms with Crippen LogP contribution in [0.3, 0.4) is 0 Å². The summed E-state index contributed by atoms with van der Waals surface area (Å²) in [6, 6.07) is 0. The lowest BCUT2D eigenvalue weighted by molar-refractivity contribution is -0.137. The largest absolute Gasteiger partial charge is 0.481 e. The van der Waals surface area contributed by atoms with E-state index in [9.17, 15) is 9.36 Å². The van der Waals surface area contributed by atoms with Gasteiger partial charge >= 0.3 is 13.6 Å². The monoisotopic (exact) mass is 210 g/mol. The van der Waals surface area contributed by atoms with Crippen LogP contribution in [-0.4, -0.2) is 31.0 Å². The molecule has 0 amide bonds. The molecule has 5 nitrogen and oxygen atoms in total. The van der Waals surface area contributed by atoms with Crippen LogP contribution in [0.2, 0.25) is 0 Å². The molecule has 0 aromatic carbocycles. The number of carboxylic acid groups (broad SMARTS) is 1. The minimum Gasteiger partial charge on any atom is -0.481 e. The summed E-state index contributed by atoms with van der Waals surface area (Å²) in [6.07, 6.45) is 0. The summed E-state index contributed by atoms with van der Waals surface area (Å²) in [5, 5.41) is 8.81. The second-order valence-corrected chi connectivity index (χ2v) is 5.30. The minimum absolute atomic E-state index is 0.303. The average molecular weight is 210 g/mol. The lowest BCUT2D eigenvalue weighted by Crippen LogP contribution is -2.27. The summed E-state index contributed by atoms with van der Waals surface area (Å²) >= 11 is 0. The van der Waals surface area contributed by atoms with Gasteiger partial charge in [-0.3, -0.25) is 9.36 Å². The van der Waals surface area contributed by atoms with Crippen LogP contribution in [0.5, 0.6) is 0 Å². The maximum atomic E-state index is 11.7. The maximum absolute atomic E-state index is 11.7. The summed E-state index contributed by atoms with van der Waals surface area (Å²) in [5.74, 6) is -1.47. The summed E-state index contributed by atoms with van der Waals surface area (Å²) in [5.41, 5.74) is -1.11. The third-order valence-electron chi connectivity index (χ3n) is 1.73. The molecule has 0 aliphatic rings. The first-order valence-electron chi connectivity index (χ1n) is 3.83. The molecule has 1 atom stereocenters. The van der Waals surface area contributed by atoms with Crippen LogP contribution in [-0.2, 0) is 18.4 Å². The first-order valence-corrected chi connectivity index (χ1v) is 5.44. The molecule has 0 fully saturated rings. The van der Waals surface area contributed by atoms with E-state index in [4.69, 9.17) is 5.11 Å². The minimum atomic E-state index is -3.50. The lowest BCUT2D eigenvalue weighted by Gasteiger charge is -2.23. The highest BCUT2D eigenvalue weighted by molar-refractivity contribution is 7.55. The maximum Gasteiger partial charge on any atom is 0.344 e. The zero-order valence-electron chi connectivity index (χ0n) is 8.18. The van der Waals surface area contributed by atoms with Gasteiger partial charge in [-0.2, -0.15) is 0 Å². The molecule has 0 saturated carbocycles. The highest BCUT2D eigenvalue weighted by Gasteiger charge is 2.42. The van der Waals surface area contributed by atoms with Gasteiger partial charge in [0.2, 0.25) is 0 Å². The van der Waals surface area contributed by atoms with Crippen LogP contribution in [0.25, 0.3) is 0 Å². The molecule has 1 unspecified atom stereocenters. The van der Waals surface area contributed by atoms with Crippen molar-refractivity contribution in [2.24, 2.45) is 5.92 Å². The van der Waals surface area contributed by atoms with E-state index in [0.717, 1.165) is 0 Å². The van der Waals surface area contributed by atoms with Gasteiger partial charge in [0.25, 0.3) is 0 Å². The summed E-state index contributed by atoms with van der Waals surface area (Å²) < 4.78 is 21.0. The molecule has 0 radical (unpaired) electrons. The van der Waals surface area contributed by atoms with Gasteiger partial charge in [0.1, 0.15) is 0 Å². The third kappa shape index (κ3) is 2.79. The quantitative estimate of drug-likeness (QED) is 0.697. The van der Waals surface area contributed by atoms with Gasteiger partial charge in [-0.25, -0.2) is 0 Å². The fourth-order valence-electron chi connectivity index (χ4n) is 1.09. The SMILES string of the molecule is COP(=O)(OC)C(C(=O)O)C(C)C. The van der Waals surface area contributed by atoms with E-state index in [1.807, 2.05) is 0 Å². The lowest BCUT2D eigenvalue weighted by atomic mass is 10.1. The normalized spacial score (nSPS) is 14.5. The van der Waals surface area contributed by atoms with Crippen molar-refractivity contribution in [1.29, 1.82) is 0 Å². The Morgan fingerprint density at radius 2 is 1.69 bits per heavy atom. The predicted molar refractivity (Wildman–Crippen MR) is 47.9 cm³/mol. The Labute approximate surface area is 77.6 Å². The van der Waals surface area contributed by atoms with Gasteiger partial charge in [-0.15, -0.1) is 0 Å². The van der Waals surface area contributed by atoms with E-state index in [0.29, 0.717) is 0 Å². The van der Waals surface area contributed by atoms with Crippen LogP contribution in [0.4, 0.5) is 0 Å². The van der Waals surface area contributed by atoms with Crippen molar-refractivity contribution in [1.82, 2.24) is 0 Å². The van der Waals surface area contributed by atoms with Crippen molar-refractivity contribution in [3.63, 3.8) is 0 Å². The van der Waals surface area contributed by atoms with Gasteiger partial charge in [0.05, 0.1) is 0 Å². The predicted octanol–water partition coefficient (Wildman–Crippen LogP) is 1.58. The number of aliphatic carboxylic acids is 1. The number of hydrogen-bond acceptors (Lipinski definition) is 4. The van der Waals surface area contributed by atoms with Gasteiger partial charge < -0.3 is 14.2 Å². The molecule has 78 valence electrons. The molecule has 0 saturated heterocycles. The van der Waals surface area contributed by atoms with Crippen LogP contribution in [0.15, 0.2) is 0 Å². The molecule has 0 rings (SSSR count). The molecule has 6 heteroatoms. The van der Waals surface area contributed by atoms with E-state index in [1.54, 1.807) is 13.8 Å². The topological polar surface area (TPSA) is 72.8 Å². The molecule has 0 aromatic heterocycles. The summed E-state index contributed by atoms with van der Waals surface area (Å²) in [6.45, 7) is 3.31. The number of carbonyl (C=O) groups is 1. The molecular weight excluding hydrogens is 195 g/mol. The Morgan fingerprint density at radius 3 is 1.77 bits per heavy atom. The molecule has 0 bridgehead atoms. The number of rotatable bonds is 5. The van der Waals surface area contributed by atoms with E-state index >= 15 is 0 Å².